The first-order chi connectivity index (χ1) is 4.84. The molecule has 0 fully saturated rings. The van der Waals surface area contributed by atoms with Crippen LogP contribution in [0.2, 0.25) is 0 Å². The van der Waals surface area contributed by atoms with Gasteiger partial charge in [-0.05, 0) is 0 Å². The second kappa shape index (κ2) is 2.99. The van der Waals surface area contributed by atoms with Gasteiger partial charge in [-0.15, -0.1) is 12.3 Å². The number of hydrogen-bond acceptors (Lipinski definition) is 3. The molecule has 2 N–H and O–H groups in total. The summed E-state index contributed by atoms with van der Waals surface area (Å²) in [5, 5.41) is 18.7. The van der Waals surface area contributed by atoms with E-state index in [1.165, 1.54) is 6.20 Å². The number of nitrogens with one attached hydrogen (secondary N) is 1. The van der Waals surface area contributed by atoms with Gasteiger partial charge in [0, 0.05) is 6.42 Å². The lowest BCUT2D eigenvalue weighted by molar-refractivity contribution is 0.179. The molecule has 0 spiro atoms. The van der Waals surface area contributed by atoms with E-state index in [1.807, 2.05) is 0 Å². The van der Waals surface area contributed by atoms with Crippen LogP contribution in [0.3, 0.4) is 0 Å². The van der Waals surface area contributed by atoms with Crippen molar-refractivity contribution in [2.45, 2.75) is 12.5 Å². The predicted octanol–water partition coefficient (Wildman–Crippen LogP) is -0.139. The topological polar surface area (TPSA) is 61.8 Å². The monoisotopic (exact) mass is 137 g/mol. The molecule has 4 heteroatoms. The van der Waals surface area contributed by atoms with Crippen LogP contribution in [-0.2, 0) is 0 Å². The van der Waals surface area contributed by atoms with Crippen LogP contribution in [0.1, 0.15) is 18.2 Å². The molecule has 0 saturated heterocycles. The summed E-state index contributed by atoms with van der Waals surface area (Å²) in [6.45, 7) is 0. The van der Waals surface area contributed by atoms with Crippen molar-refractivity contribution in [1.82, 2.24) is 15.4 Å². The zero-order chi connectivity index (χ0) is 7.40. The van der Waals surface area contributed by atoms with Crippen molar-refractivity contribution in [3.05, 3.63) is 11.9 Å². The molecule has 0 radical (unpaired) electrons. The third-order valence-corrected chi connectivity index (χ3v) is 1.09. The van der Waals surface area contributed by atoms with Gasteiger partial charge < -0.3 is 5.11 Å². The Kier molecular flexibility index (Phi) is 2.03. The van der Waals surface area contributed by atoms with E-state index in [-0.39, 0.29) is 6.42 Å². The van der Waals surface area contributed by atoms with Crippen molar-refractivity contribution in [3.63, 3.8) is 0 Å². The Morgan fingerprint density at radius 2 is 2.70 bits per heavy atom. The van der Waals surface area contributed by atoms with Gasteiger partial charge in [-0.3, -0.25) is 0 Å². The largest absolute Gasteiger partial charge is 0.386 e. The van der Waals surface area contributed by atoms with E-state index in [0.717, 1.165) is 0 Å². The summed E-state index contributed by atoms with van der Waals surface area (Å²) in [7, 11) is 0. The fraction of sp³-hybridized carbons (Fsp3) is 0.333. The summed E-state index contributed by atoms with van der Waals surface area (Å²) in [6, 6.07) is 0. The average Bonchev–Trinajstić information content (AvgIpc) is 2.38. The van der Waals surface area contributed by atoms with Crippen molar-refractivity contribution in [3.8, 4) is 12.3 Å². The van der Waals surface area contributed by atoms with Gasteiger partial charge in [-0.25, -0.2) is 0 Å². The zero-order valence-corrected chi connectivity index (χ0v) is 5.28. The van der Waals surface area contributed by atoms with Gasteiger partial charge in [0.1, 0.15) is 11.8 Å². The molecule has 1 aromatic rings. The number of aliphatic hydroxyl groups excluding tert-OH is 1. The minimum atomic E-state index is -0.691. The molecule has 0 saturated carbocycles. The first kappa shape index (κ1) is 6.78. The van der Waals surface area contributed by atoms with Gasteiger partial charge in [-0.1, -0.05) is 0 Å². The van der Waals surface area contributed by atoms with E-state index in [0.29, 0.717) is 5.69 Å². The molecule has 1 unspecified atom stereocenters. The molecular formula is C6H7N3O. The normalized spacial score (nSPS) is 12.4. The smallest absolute Gasteiger partial charge is 0.112 e. The second-order valence-electron chi connectivity index (χ2n) is 1.82. The van der Waals surface area contributed by atoms with Crippen molar-refractivity contribution in [2.24, 2.45) is 0 Å². The number of aromatic amines is 1. The molecule has 1 atom stereocenters. The van der Waals surface area contributed by atoms with Crippen LogP contribution >= 0.6 is 0 Å². The van der Waals surface area contributed by atoms with Gasteiger partial charge in [0.2, 0.25) is 0 Å². The number of nitrogens with zero attached hydrogens (tertiary/aromatic N) is 2. The standard InChI is InChI=1S/C6H7N3O/c1-2-3-6(10)5-4-7-9-8-5/h1,4,6,10H,3H2,(H,7,8,9). The van der Waals surface area contributed by atoms with E-state index < -0.39 is 6.10 Å². The van der Waals surface area contributed by atoms with Crippen molar-refractivity contribution in [1.29, 1.82) is 0 Å². The summed E-state index contributed by atoms with van der Waals surface area (Å²) < 4.78 is 0. The molecular weight excluding hydrogens is 130 g/mol. The van der Waals surface area contributed by atoms with E-state index in [9.17, 15) is 0 Å². The van der Waals surface area contributed by atoms with E-state index in [1.54, 1.807) is 0 Å². The first-order valence-electron chi connectivity index (χ1n) is 2.82. The number of rotatable bonds is 2. The molecule has 0 bridgehead atoms. The number of H-pyrrole nitrogens is 1. The van der Waals surface area contributed by atoms with Gasteiger partial charge in [0.25, 0.3) is 0 Å². The summed E-state index contributed by atoms with van der Waals surface area (Å²) in [6.07, 6.45) is 5.99. The van der Waals surface area contributed by atoms with Crippen LogP contribution in [0, 0.1) is 12.3 Å². The molecule has 0 aliphatic rings. The quantitative estimate of drug-likeness (QED) is 0.558. The van der Waals surface area contributed by atoms with Gasteiger partial charge in [0.05, 0.1) is 6.20 Å². The molecule has 0 amide bonds. The molecule has 0 aliphatic carbocycles. The maximum Gasteiger partial charge on any atom is 0.112 e. The predicted molar refractivity (Wildman–Crippen MR) is 34.8 cm³/mol. The third-order valence-electron chi connectivity index (χ3n) is 1.09. The SMILES string of the molecule is C#CCC(O)c1cn[nH]n1. The lowest BCUT2D eigenvalue weighted by atomic mass is 10.2. The summed E-state index contributed by atoms with van der Waals surface area (Å²) >= 11 is 0. The van der Waals surface area contributed by atoms with Crippen molar-refractivity contribution >= 4 is 0 Å². The van der Waals surface area contributed by atoms with E-state index in [2.05, 4.69) is 21.3 Å². The van der Waals surface area contributed by atoms with Gasteiger partial charge in [0.15, 0.2) is 0 Å². The minimum Gasteiger partial charge on any atom is -0.386 e. The Balaban J connectivity index is 2.61. The van der Waals surface area contributed by atoms with Crippen LogP contribution < -0.4 is 0 Å². The molecule has 4 nitrogen and oxygen atoms in total. The molecule has 10 heavy (non-hydrogen) atoms. The summed E-state index contributed by atoms with van der Waals surface area (Å²) in [5.74, 6) is 2.32. The second-order valence-corrected chi connectivity index (χ2v) is 1.82. The van der Waals surface area contributed by atoms with Crippen LogP contribution in [0.5, 0.6) is 0 Å². The maximum absolute atomic E-state index is 9.14. The summed E-state index contributed by atoms with van der Waals surface area (Å²) in [4.78, 5) is 0. The number of hydrogen-bond donors (Lipinski definition) is 2. The highest BCUT2D eigenvalue weighted by atomic mass is 16.3. The fourth-order valence-corrected chi connectivity index (χ4v) is 0.587. The number of aromatic nitrogens is 3. The van der Waals surface area contributed by atoms with Crippen molar-refractivity contribution < 1.29 is 5.11 Å². The Labute approximate surface area is 58.3 Å². The lowest BCUT2D eigenvalue weighted by Gasteiger charge is -1.98. The fourth-order valence-electron chi connectivity index (χ4n) is 0.587. The number of terminal acetylenes is 1. The lowest BCUT2D eigenvalue weighted by Crippen LogP contribution is -1.95. The molecule has 1 rings (SSSR count). The van der Waals surface area contributed by atoms with Crippen LogP contribution in [0.15, 0.2) is 6.20 Å². The van der Waals surface area contributed by atoms with Crippen LogP contribution in [0.4, 0.5) is 0 Å². The Bertz CT molecular complexity index is 224. The molecule has 52 valence electrons. The zero-order valence-electron chi connectivity index (χ0n) is 5.28. The Morgan fingerprint density at radius 3 is 3.20 bits per heavy atom. The van der Waals surface area contributed by atoms with Gasteiger partial charge in [-0.2, -0.15) is 15.4 Å². The molecule has 1 heterocycles. The number of aliphatic hydroxyl groups is 1. The molecule has 0 aliphatic heterocycles. The van der Waals surface area contributed by atoms with Crippen LogP contribution in [-0.4, -0.2) is 20.5 Å². The van der Waals surface area contributed by atoms with E-state index in [4.69, 9.17) is 11.5 Å². The van der Waals surface area contributed by atoms with Crippen molar-refractivity contribution in [2.75, 3.05) is 0 Å². The Hall–Kier alpha value is -1.34. The summed E-state index contributed by atoms with van der Waals surface area (Å²) in [5.41, 5.74) is 0.484. The van der Waals surface area contributed by atoms with E-state index >= 15 is 0 Å². The van der Waals surface area contributed by atoms with Gasteiger partial charge >= 0.3 is 0 Å². The third kappa shape index (κ3) is 1.33. The average molecular weight is 137 g/mol. The first-order valence-corrected chi connectivity index (χ1v) is 2.82. The minimum absolute atomic E-state index is 0.270. The highest BCUT2D eigenvalue weighted by Gasteiger charge is 2.07. The Morgan fingerprint density at radius 1 is 1.90 bits per heavy atom. The van der Waals surface area contributed by atoms with Crippen LogP contribution in [0.25, 0.3) is 0 Å². The highest BCUT2D eigenvalue weighted by molar-refractivity contribution is 5.01. The molecule has 0 aromatic carbocycles. The molecule has 1 aromatic heterocycles. The highest BCUT2D eigenvalue weighted by Crippen LogP contribution is 2.09. The maximum atomic E-state index is 9.14.